The molecule has 3 aromatic heterocycles. The number of aliphatic hydroxyl groups excluding tert-OH is 2. The Hall–Kier alpha value is -2.50. The lowest BCUT2D eigenvalue weighted by Gasteiger charge is -2.21. The van der Waals surface area contributed by atoms with Crippen molar-refractivity contribution in [1.29, 1.82) is 0 Å². The predicted octanol–water partition coefficient (Wildman–Crippen LogP) is 3.37. The highest BCUT2D eigenvalue weighted by atomic mass is 32.1. The normalized spacial score (nSPS) is 25.2. The van der Waals surface area contributed by atoms with Crippen LogP contribution in [0.15, 0.2) is 12.3 Å². The molecule has 33 heavy (non-hydrogen) atoms. The largest absolute Gasteiger partial charge is 0.390 e. The molecule has 4 N–H and O–H groups in total. The van der Waals surface area contributed by atoms with Crippen molar-refractivity contribution >= 4 is 33.3 Å². The molecule has 0 radical (unpaired) electrons. The van der Waals surface area contributed by atoms with Crippen molar-refractivity contribution in [2.75, 3.05) is 17.2 Å². The number of rotatable bonds is 7. The topological polar surface area (TPSA) is 116 Å². The number of thiazole rings is 1. The van der Waals surface area contributed by atoms with E-state index in [1.54, 1.807) is 6.20 Å². The minimum absolute atomic E-state index is 0.0732. The highest BCUT2D eigenvalue weighted by Gasteiger charge is 2.46. The summed E-state index contributed by atoms with van der Waals surface area (Å²) >= 11 is 1.47. The second-order valence-corrected chi connectivity index (χ2v) is 9.94. The molecule has 2 fully saturated rings. The molecule has 11 heteroatoms. The van der Waals surface area contributed by atoms with Gasteiger partial charge in [-0.2, -0.15) is 4.98 Å². The Labute approximate surface area is 193 Å². The second-order valence-electron chi connectivity index (χ2n) is 8.91. The Bertz CT molecular complexity index is 1170. The Morgan fingerprint density at radius 2 is 1.91 bits per heavy atom. The molecular weight excluding hydrogens is 450 g/mol. The van der Waals surface area contributed by atoms with Gasteiger partial charge in [-0.05, 0) is 45.1 Å². The lowest BCUT2D eigenvalue weighted by atomic mass is 10.1. The van der Waals surface area contributed by atoms with Crippen molar-refractivity contribution in [1.82, 2.24) is 19.9 Å². The van der Waals surface area contributed by atoms with Crippen LogP contribution in [0, 0.1) is 25.7 Å². The van der Waals surface area contributed by atoms with Crippen molar-refractivity contribution in [3.8, 4) is 10.6 Å². The number of nitrogens with zero attached hydrogens (tertiary/aromatic N) is 4. The van der Waals surface area contributed by atoms with Crippen LogP contribution in [0.4, 0.5) is 20.5 Å². The molecule has 2 saturated carbocycles. The van der Waals surface area contributed by atoms with Gasteiger partial charge in [0.05, 0.1) is 39.7 Å². The molecule has 5 rings (SSSR count). The lowest BCUT2D eigenvalue weighted by Crippen LogP contribution is -2.36. The van der Waals surface area contributed by atoms with Gasteiger partial charge < -0.3 is 20.8 Å². The molecular formula is C22H26F2N6O2S. The third kappa shape index (κ3) is 4.36. The number of aliphatic hydroxyl groups is 2. The van der Waals surface area contributed by atoms with Gasteiger partial charge in [-0.25, -0.2) is 18.7 Å². The number of halogens is 2. The SMILES string of the molecule is Cc1nc(NCC2CC2)nc(NC2C[C@H](C(F)F)[C@@H](O)[C@H]2O)c1-c1nc2c(C)nccc2s1. The highest BCUT2D eigenvalue weighted by Crippen LogP contribution is 2.39. The third-order valence-electron chi connectivity index (χ3n) is 6.41. The molecule has 1 unspecified atom stereocenters. The molecule has 0 aliphatic heterocycles. The summed E-state index contributed by atoms with van der Waals surface area (Å²) in [5.74, 6) is 0.149. The second kappa shape index (κ2) is 8.69. The molecule has 0 saturated heterocycles. The lowest BCUT2D eigenvalue weighted by molar-refractivity contribution is -0.0333. The summed E-state index contributed by atoms with van der Waals surface area (Å²) in [6.07, 6.45) is -1.55. The number of fused-ring (bicyclic) bond motifs is 1. The molecule has 3 aromatic rings. The van der Waals surface area contributed by atoms with Crippen LogP contribution in [0.5, 0.6) is 0 Å². The monoisotopic (exact) mass is 476 g/mol. The number of pyridine rings is 1. The number of alkyl halides is 2. The molecule has 2 aliphatic carbocycles. The number of nitrogens with one attached hydrogen (secondary N) is 2. The molecule has 0 spiro atoms. The van der Waals surface area contributed by atoms with Gasteiger partial charge in [0.15, 0.2) is 0 Å². The summed E-state index contributed by atoms with van der Waals surface area (Å²) in [6, 6.07) is 1.11. The van der Waals surface area contributed by atoms with E-state index in [0.717, 1.165) is 22.5 Å². The summed E-state index contributed by atoms with van der Waals surface area (Å²) in [4.78, 5) is 18.3. The van der Waals surface area contributed by atoms with E-state index in [-0.39, 0.29) is 6.42 Å². The summed E-state index contributed by atoms with van der Waals surface area (Å²) < 4.78 is 27.6. The number of aromatic nitrogens is 4. The van der Waals surface area contributed by atoms with Gasteiger partial charge in [0.1, 0.15) is 22.4 Å². The van der Waals surface area contributed by atoms with E-state index >= 15 is 0 Å². The predicted molar refractivity (Wildman–Crippen MR) is 123 cm³/mol. The van der Waals surface area contributed by atoms with Crippen LogP contribution < -0.4 is 10.6 Å². The number of aryl methyl sites for hydroxylation is 2. The van der Waals surface area contributed by atoms with E-state index in [4.69, 9.17) is 4.98 Å². The van der Waals surface area contributed by atoms with E-state index in [0.29, 0.717) is 33.9 Å². The average molecular weight is 477 g/mol. The number of hydrogen-bond donors (Lipinski definition) is 4. The van der Waals surface area contributed by atoms with Crippen molar-refractivity contribution in [2.24, 2.45) is 11.8 Å². The third-order valence-corrected chi connectivity index (χ3v) is 7.45. The van der Waals surface area contributed by atoms with Crippen molar-refractivity contribution < 1.29 is 19.0 Å². The van der Waals surface area contributed by atoms with Gasteiger partial charge in [0.25, 0.3) is 0 Å². The Morgan fingerprint density at radius 3 is 2.58 bits per heavy atom. The fraction of sp³-hybridized carbons (Fsp3) is 0.545. The van der Waals surface area contributed by atoms with Gasteiger partial charge in [0, 0.05) is 12.7 Å². The van der Waals surface area contributed by atoms with Crippen LogP contribution >= 0.6 is 11.3 Å². The Morgan fingerprint density at radius 1 is 1.12 bits per heavy atom. The zero-order valence-corrected chi connectivity index (χ0v) is 19.1. The maximum Gasteiger partial charge on any atom is 0.244 e. The number of anilines is 2. The van der Waals surface area contributed by atoms with Crippen LogP contribution in [0.1, 0.15) is 30.7 Å². The maximum atomic E-state index is 13.3. The van der Waals surface area contributed by atoms with E-state index in [2.05, 4.69) is 25.6 Å². The van der Waals surface area contributed by atoms with E-state index < -0.39 is 30.6 Å². The molecule has 8 nitrogen and oxygen atoms in total. The van der Waals surface area contributed by atoms with E-state index in [9.17, 15) is 19.0 Å². The standard InChI is InChI=1S/C22H26F2N6O2S/c1-9-15(21-29-16-10(2)25-6-5-14(16)33-21)20(30-22(27-9)26-8-11-3-4-11)28-13-7-12(19(23)24)17(31)18(13)32/h5-6,11-13,17-19,31-32H,3-4,7-8H2,1-2H3,(H2,26,27,28,30)/t12-,13?,17+,18-/m0/s1. The van der Waals surface area contributed by atoms with Crippen LogP contribution in [-0.2, 0) is 0 Å². The molecule has 4 atom stereocenters. The van der Waals surface area contributed by atoms with Gasteiger partial charge >= 0.3 is 0 Å². The van der Waals surface area contributed by atoms with Gasteiger partial charge in [-0.1, -0.05) is 0 Å². The first kappa shape index (κ1) is 22.3. The Kier molecular flexibility index (Phi) is 5.87. The average Bonchev–Trinajstić information content (AvgIpc) is 3.43. The number of hydrogen-bond acceptors (Lipinski definition) is 9. The molecule has 0 aromatic carbocycles. The van der Waals surface area contributed by atoms with Crippen LogP contribution in [0.25, 0.3) is 20.8 Å². The molecule has 0 bridgehead atoms. The molecule has 0 amide bonds. The summed E-state index contributed by atoms with van der Waals surface area (Å²) in [6.45, 7) is 4.51. The highest BCUT2D eigenvalue weighted by molar-refractivity contribution is 7.21. The first-order chi connectivity index (χ1) is 15.8. The first-order valence-electron chi connectivity index (χ1n) is 11.1. The minimum atomic E-state index is -2.72. The van der Waals surface area contributed by atoms with Crippen LogP contribution in [-0.4, -0.2) is 61.4 Å². The first-order valence-corrected chi connectivity index (χ1v) is 11.9. The summed E-state index contributed by atoms with van der Waals surface area (Å²) in [5, 5.41) is 27.6. The van der Waals surface area contributed by atoms with Crippen LogP contribution in [0.3, 0.4) is 0 Å². The van der Waals surface area contributed by atoms with E-state index in [1.165, 1.54) is 24.2 Å². The zero-order valence-electron chi connectivity index (χ0n) is 18.3. The van der Waals surface area contributed by atoms with Crippen molar-refractivity contribution in [2.45, 2.75) is 57.8 Å². The minimum Gasteiger partial charge on any atom is -0.390 e. The van der Waals surface area contributed by atoms with Gasteiger partial charge in [-0.15, -0.1) is 11.3 Å². The molecule has 176 valence electrons. The fourth-order valence-corrected chi connectivity index (χ4v) is 5.40. The molecule has 2 aliphatic rings. The van der Waals surface area contributed by atoms with E-state index in [1.807, 2.05) is 19.9 Å². The van der Waals surface area contributed by atoms with Gasteiger partial charge in [-0.3, -0.25) is 4.98 Å². The van der Waals surface area contributed by atoms with Gasteiger partial charge in [0.2, 0.25) is 12.4 Å². The zero-order chi connectivity index (χ0) is 23.3. The van der Waals surface area contributed by atoms with Crippen LogP contribution in [0.2, 0.25) is 0 Å². The fourth-order valence-electron chi connectivity index (χ4n) is 4.29. The summed E-state index contributed by atoms with van der Waals surface area (Å²) in [5.41, 5.74) is 2.91. The smallest absolute Gasteiger partial charge is 0.244 e. The Balaban J connectivity index is 1.53. The summed E-state index contributed by atoms with van der Waals surface area (Å²) in [7, 11) is 0. The molecule has 3 heterocycles. The maximum absolute atomic E-state index is 13.3. The van der Waals surface area contributed by atoms with Crippen molar-refractivity contribution in [3.05, 3.63) is 23.7 Å². The van der Waals surface area contributed by atoms with Crippen molar-refractivity contribution in [3.63, 3.8) is 0 Å². The quantitative estimate of drug-likeness (QED) is 0.410.